The Hall–Kier alpha value is -1.00. The Kier molecular flexibility index (Phi) is 5.28. The van der Waals surface area contributed by atoms with Crippen molar-refractivity contribution >= 4 is 34.3 Å². The van der Waals surface area contributed by atoms with Crippen LogP contribution in [-0.2, 0) is 12.4 Å². The topological polar surface area (TPSA) is 34.9 Å². The normalized spacial score (nSPS) is 11.1. The van der Waals surface area contributed by atoms with Gasteiger partial charge in [0.2, 0.25) is 0 Å². The van der Waals surface area contributed by atoms with Crippen molar-refractivity contribution in [3.63, 3.8) is 0 Å². The first-order valence-electron chi connectivity index (χ1n) is 6.31. The van der Waals surface area contributed by atoms with Crippen LogP contribution in [-0.4, -0.2) is 21.6 Å². The van der Waals surface area contributed by atoms with E-state index in [0.717, 1.165) is 24.1 Å². The predicted molar refractivity (Wildman–Crippen MR) is 83.2 cm³/mol. The molecule has 0 amide bonds. The Morgan fingerprint density at radius 2 is 2.11 bits per heavy atom. The smallest absolute Gasteiger partial charge is 0.261 e. The highest BCUT2D eigenvalue weighted by atomic mass is 35.5. The molecule has 0 aliphatic rings. The fraction of sp³-hybridized carbons (Fsp3) is 0.429. The lowest BCUT2D eigenvalue weighted by molar-refractivity contribution is 0.591. The maximum atomic E-state index is 12.4. The summed E-state index contributed by atoms with van der Waals surface area (Å²) in [5.74, 6) is 2.05. The molecular weight excluding hydrogens is 280 g/mol. The fourth-order valence-electron chi connectivity index (χ4n) is 2.06. The number of unbranched alkanes of at least 4 members (excludes halogenated alkanes) is 1. The van der Waals surface area contributed by atoms with Crippen LogP contribution in [0.3, 0.4) is 0 Å². The van der Waals surface area contributed by atoms with E-state index in [4.69, 9.17) is 11.6 Å². The third-order valence-corrected chi connectivity index (χ3v) is 3.98. The van der Waals surface area contributed by atoms with Gasteiger partial charge in [-0.15, -0.1) is 11.6 Å². The monoisotopic (exact) mass is 296 g/mol. The summed E-state index contributed by atoms with van der Waals surface area (Å²) in [6.07, 6.45) is 4.17. The Morgan fingerprint density at radius 3 is 2.84 bits per heavy atom. The molecule has 1 aromatic heterocycles. The number of halogens is 1. The zero-order valence-electron chi connectivity index (χ0n) is 10.9. The van der Waals surface area contributed by atoms with Crippen LogP contribution < -0.4 is 5.56 Å². The molecule has 3 nitrogen and oxygen atoms in total. The average molecular weight is 297 g/mol. The molecule has 19 heavy (non-hydrogen) atoms. The van der Waals surface area contributed by atoms with Gasteiger partial charge in [0.15, 0.2) is 0 Å². The van der Waals surface area contributed by atoms with Crippen molar-refractivity contribution < 1.29 is 0 Å². The van der Waals surface area contributed by atoms with Gasteiger partial charge in [-0.3, -0.25) is 9.36 Å². The van der Waals surface area contributed by atoms with Gasteiger partial charge in [-0.25, -0.2) is 4.98 Å². The minimum atomic E-state index is 0.0189. The highest BCUT2D eigenvalue weighted by molar-refractivity contribution is 7.98. The number of alkyl halides is 1. The lowest BCUT2D eigenvalue weighted by Crippen LogP contribution is -2.25. The summed E-state index contributed by atoms with van der Waals surface area (Å²) < 4.78 is 1.72. The Bertz CT molecular complexity index is 612. The first-order valence-corrected chi connectivity index (χ1v) is 8.24. The van der Waals surface area contributed by atoms with Crippen LogP contribution in [0.2, 0.25) is 0 Å². The molecule has 0 aliphatic carbocycles. The zero-order chi connectivity index (χ0) is 13.7. The summed E-state index contributed by atoms with van der Waals surface area (Å²) in [6.45, 7) is 0.694. The van der Waals surface area contributed by atoms with Crippen molar-refractivity contribution in [1.82, 2.24) is 9.55 Å². The van der Waals surface area contributed by atoms with Gasteiger partial charge in [0.25, 0.3) is 5.56 Å². The molecule has 0 atom stereocenters. The maximum Gasteiger partial charge on any atom is 0.261 e. The number of hydrogen-bond donors (Lipinski definition) is 0. The molecule has 0 saturated carbocycles. The van der Waals surface area contributed by atoms with Crippen molar-refractivity contribution in [1.29, 1.82) is 0 Å². The Labute approximate surface area is 122 Å². The van der Waals surface area contributed by atoms with Gasteiger partial charge in [-0.2, -0.15) is 11.8 Å². The van der Waals surface area contributed by atoms with Crippen LogP contribution in [0.4, 0.5) is 0 Å². The number of benzene rings is 1. The summed E-state index contributed by atoms with van der Waals surface area (Å²) >= 11 is 7.74. The molecule has 0 radical (unpaired) electrons. The van der Waals surface area contributed by atoms with Crippen molar-refractivity contribution in [3.8, 4) is 0 Å². The highest BCUT2D eigenvalue weighted by Gasteiger charge is 2.09. The van der Waals surface area contributed by atoms with Crippen LogP contribution in [0.25, 0.3) is 10.9 Å². The first kappa shape index (κ1) is 14.4. The molecule has 1 aromatic carbocycles. The van der Waals surface area contributed by atoms with Crippen LogP contribution >= 0.6 is 23.4 Å². The molecule has 0 saturated heterocycles. The molecule has 2 rings (SSSR count). The molecule has 0 fully saturated rings. The van der Waals surface area contributed by atoms with E-state index in [2.05, 4.69) is 11.2 Å². The summed E-state index contributed by atoms with van der Waals surface area (Å²) in [5, 5.41) is 0.668. The van der Waals surface area contributed by atoms with Crippen molar-refractivity contribution in [3.05, 3.63) is 40.4 Å². The number of thioether (sulfide) groups is 1. The second kappa shape index (κ2) is 6.96. The Balaban J connectivity index is 2.35. The minimum Gasteiger partial charge on any atom is -0.295 e. The summed E-state index contributed by atoms with van der Waals surface area (Å²) in [5.41, 5.74) is 0.744. The lowest BCUT2D eigenvalue weighted by Gasteiger charge is -2.11. The van der Waals surface area contributed by atoms with Crippen LogP contribution in [0.1, 0.15) is 18.7 Å². The van der Waals surface area contributed by atoms with E-state index < -0.39 is 0 Å². The predicted octanol–water partition coefficient (Wildman–Crippen LogP) is 3.28. The van der Waals surface area contributed by atoms with Gasteiger partial charge >= 0.3 is 0 Å². The molecule has 5 heteroatoms. The van der Waals surface area contributed by atoms with Gasteiger partial charge in [-0.05, 0) is 37.0 Å². The van der Waals surface area contributed by atoms with Gasteiger partial charge in [0, 0.05) is 6.54 Å². The van der Waals surface area contributed by atoms with E-state index in [1.165, 1.54) is 0 Å². The van der Waals surface area contributed by atoms with Crippen molar-refractivity contribution in [2.75, 3.05) is 12.0 Å². The van der Waals surface area contributed by atoms with E-state index in [-0.39, 0.29) is 11.4 Å². The second-order valence-corrected chi connectivity index (χ2v) is 5.59. The van der Waals surface area contributed by atoms with Gasteiger partial charge in [0.1, 0.15) is 5.82 Å². The van der Waals surface area contributed by atoms with Gasteiger partial charge < -0.3 is 0 Å². The summed E-state index contributed by atoms with van der Waals surface area (Å²) in [7, 11) is 0. The van der Waals surface area contributed by atoms with E-state index in [1.807, 2.05) is 36.0 Å². The standard InChI is InChI=1S/C14H17ClN2OS/c1-19-9-5-4-8-17-13(10-15)16-12-7-3-2-6-11(12)14(17)18/h2-3,6-7H,4-5,8-10H2,1H3. The molecule has 1 heterocycles. The molecule has 0 bridgehead atoms. The molecule has 0 N–H and O–H groups in total. The van der Waals surface area contributed by atoms with E-state index in [1.54, 1.807) is 4.57 Å². The van der Waals surface area contributed by atoms with E-state index in [0.29, 0.717) is 17.8 Å². The molecule has 2 aromatic rings. The SMILES string of the molecule is CSCCCCn1c(CCl)nc2ccccc2c1=O. The number of rotatable bonds is 6. The quantitative estimate of drug-likeness (QED) is 0.606. The Morgan fingerprint density at radius 1 is 1.32 bits per heavy atom. The van der Waals surface area contributed by atoms with E-state index in [9.17, 15) is 4.79 Å². The first-order chi connectivity index (χ1) is 9.27. The largest absolute Gasteiger partial charge is 0.295 e. The molecule has 0 unspecified atom stereocenters. The average Bonchev–Trinajstić information content (AvgIpc) is 2.45. The molecular formula is C14H17ClN2OS. The third kappa shape index (κ3) is 3.31. The maximum absolute atomic E-state index is 12.4. The minimum absolute atomic E-state index is 0.0189. The van der Waals surface area contributed by atoms with Crippen molar-refractivity contribution in [2.45, 2.75) is 25.3 Å². The van der Waals surface area contributed by atoms with E-state index >= 15 is 0 Å². The van der Waals surface area contributed by atoms with Gasteiger partial charge in [0.05, 0.1) is 16.8 Å². The van der Waals surface area contributed by atoms with Crippen LogP contribution in [0.15, 0.2) is 29.1 Å². The van der Waals surface area contributed by atoms with Crippen LogP contribution in [0, 0.1) is 0 Å². The lowest BCUT2D eigenvalue weighted by atomic mass is 10.2. The number of hydrogen-bond acceptors (Lipinski definition) is 3. The number of aromatic nitrogens is 2. The number of nitrogens with zero attached hydrogens (tertiary/aromatic N) is 2. The summed E-state index contributed by atoms with van der Waals surface area (Å²) in [6, 6.07) is 7.42. The fourth-order valence-corrected chi connectivity index (χ4v) is 2.76. The highest BCUT2D eigenvalue weighted by Crippen LogP contribution is 2.10. The molecule has 0 aliphatic heterocycles. The number of fused-ring (bicyclic) bond motifs is 1. The van der Waals surface area contributed by atoms with Gasteiger partial charge in [-0.1, -0.05) is 12.1 Å². The van der Waals surface area contributed by atoms with Crippen LogP contribution in [0.5, 0.6) is 0 Å². The molecule has 0 spiro atoms. The molecule has 102 valence electrons. The third-order valence-electron chi connectivity index (χ3n) is 3.04. The number of para-hydroxylation sites is 1. The zero-order valence-corrected chi connectivity index (χ0v) is 12.5. The van der Waals surface area contributed by atoms with Crippen molar-refractivity contribution in [2.24, 2.45) is 0 Å². The summed E-state index contributed by atoms with van der Waals surface area (Å²) in [4.78, 5) is 16.9. The second-order valence-electron chi connectivity index (χ2n) is 4.34.